The summed E-state index contributed by atoms with van der Waals surface area (Å²) in [5.41, 5.74) is 0.301. The van der Waals surface area contributed by atoms with E-state index in [0.717, 1.165) is 19.4 Å². The van der Waals surface area contributed by atoms with Crippen molar-refractivity contribution in [1.29, 1.82) is 0 Å². The number of carbonyl (C=O) groups is 1. The highest BCUT2D eigenvalue weighted by atomic mass is 16.1. The van der Waals surface area contributed by atoms with Gasteiger partial charge in [0.25, 0.3) is 0 Å². The van der Waals surface area contributed by atoms with Gasteiger partial charge in [-0.2, -0.15) is 0 Å². The van der Waals surface area contributed by atoms with E-state index in [-0.39, 0.29) is 5.91 Å². The maximum atomic E-state index is 11.3. The van der Waals surface area contributed by atoms with Crippen LogP contribution in [0.2, 0.25) is 0 Å². The first-order valence-electron chi connectivity index (χ1n) is 7.38. The lowest BCUT2D eigenvalue weighted by atomic mass is 9.77. The van der Waals surface area contributed by atoms with E-state index in [1.807, 2.05) is 0 Å². The lowest BCUT2D eigenvalue weighted by molar-refractivity contribution is -0.119. The van der Waals surface area contributed by atoms with E-state index >= 15 is 0 Å². The third kappa shape index (κ3) is 3.58. The summed E-state index contributed by atoms with van der Waals surface area (Å²) in [4.78, 5) is 13.9. The van der Waals surface area contributed by atoms with Gasteiger partial charge in [0, 0.05) is 13.0 Å². The molecule has 1 spiro atoms. The third-order valence-electron chi connectivity index (χ3n) is 4.36. The third-order valence-corrected chi connectivity index (χ3v) is 4.36. The van der Waals surface area contributed by atoms with Crippen LogP contribution in [-0.2, 0) is 4.79 Å². The Labute approximate surface area is 111 Å². The number of nitrogens with zero attached hydrogens (tertiary/aromatic N) is 1. The fourth-order valence-electron chi connectivity index (χ4n) is 3.07. The van der Waals surface area contributed by atoms with Gasteiger partial charge in [-0.25, -0.2) is 0 Å². The van der Waals surface area contributed by atoms with E-state index in [9.17, 15) is 4.79 Å². The highest BCUT2D eigenvalue weighted by Crippen LogP contribution is 2.37. The molecule has 102 valence electrons. The number of hydrogen-bond acceptors (Lipinski definition) is 2. The molecule has 0 aromatic carbocycles. The number of hydrogen-bond donors (Lipinski definition) is 1. The molecule has 3 heteroatoms. The van der Waals surface area contributed by atoms with Crippen LogP contribution in [0.15, 0.2) is 12.2 Å². The number of allylic oxidation sites excluding steroid dienone is 2. The quantitative estimate of drug-likeness (QED) is 0.600. The monoisotopic (exact) mass is 250 g/mol. The second-order valence-corrected chi connectivity index (χ2v) is 5.82. The fourth-order valence-corrected chi connectivity index (χ4v) is 3.07. The molecule has 1 N–H and O–H groups in total. The molecule has 18 heavy (non-hydrogen) atoms. The average molecular weight is 250 g/mol. The molecule has 0 aliphatic carbocycles. The first kappa shape index (κ1) is 13.6. The molecule has 0 aromatic rings. The summed E-state index contributed by atoms with van der Waals surface area (Å²) in [5, 5.41) is 2.99. The second-order valence-electron chi connectivity index (χ2n) is 5.82. The van der Waals surface area contributed by atoms with Gasteiger partial charge in [-0.05, 0) is 57.2 Å². The standard InChI is InChI=1S/C15H26N2O/c1-2-3-4-5-6-9-17-10-7-15(8-11-17)12-14(18)16-13-15/h3-4H,2,5-13H2,1H3,(H,16,18)/b4-3-. The number of rotatable bonds is 5. The number of amides is 1. The molecule has 0 radical (unpaired) electrons. The van der Waals surface area contributed by atoms with Gasteiger partial charge < -0.3 is 10.2 Å². The van der Waals surface area contributed by atoms with Crippen molar-refractivity contribution >= 4 is 5.91 Å². The number of likely N-dealkylation sites (tertiary alicyclic amines) is 1. The van der Waals surface area contributed by atoms with Crippen molar-refractivity contribution < 1.29 is 4.79 Å². The normalized spacial score (nSPS) is 23.9. The minimum Gasteiger partial charge on any atom is -0.356 e. The van der Waals surface area contributed by atoms with Crippen molar-refractivity contribution in [1.82, 2.24) is 10.2 Å². The van der Waals surface area contributed by atoms with Crippen molar-refractivity contribution in [3.63, 3.8) is 0 Å². The predicted octanol–water partition coefficient (Wildman–Crippen LogP) is 2.33. The van der Waals surface area contributed by atoms with Crippen LogP contribution in [0.3, 0.4) is 0 Å². The molecule has 0 aromatic heterocycles. The zero-order valence-electron chi connectivity index (χ0n) is 11.6. The maximum Gasteiger partial charge on any atom is 0.220 e. The highest BCUT2D eigenvalue weighted by molar-refractivity contribution is 5.79. The van der Waals surface area contributed by atoms with Gasteiger partial charge in [-0.1, -0.05) is 19.1 Å². The minimum absolute atomic E-state index is 0.258. The molecule has 3 nitrogen and oxygen atoms in total. The van der Waals surface area contributed by atoms with Gasteiger partial charge in [-0.3, -0.25) is 4.79 Å². The molecule has 0 unspecified atom stereocenters. The molecule has 1 amide bonds. The minimum atomic E-state index is 0.258. The van der Waals surface area contributed by atoms with E-state index in [1.165, 1.54) is 45.3 Å². The summed E-state index contributed by atoms with van der Waals surface area (Å²) in [6.45, 7) is 6.65. The maximum absolute atomic E-state index is 11.3. The molecule has 2 heterocycles. The van der Waals surface area contributed by atoms with Crippen LogP contribution in [0.4, 0.5) is 0 Å². The van der Waals surface area contributed by atoms with Crippen molar-refractivity contribution in [2.75, 3.05) is 26.2 Å². The first-order valence-corrected chi connectivity index (χ1v) is 7.38. The van der Waals surface area contributed by atoms with E-state index in [0.29, 0.717) is 5.41 Å². The van der Waals surface area contributed by atoms with Crippen LogP contribution in [0.5, 0.6) is 0 Å². The Morgan fingerprint density at radius 3 is 2.72 bits per heavy atom. The van der Waals surface area contributed by atoms with Crippen LogP contribution in [0.1, 0.15) is 45.4 Å². The predicted molar refractivity (Wildman–Crippen MR) is 74.4 cm³/mol. The molecular weight excluding hydrogens is 224 g/mol. The topological polar surface area (TPSA) is 32.3 Å². The van der Waals surface area contributed by atoms with Crippen molar-refractivity contribution in [3.8, 4) is 0 Å². The fraction of sp³-hybridized carbons (Fsp3) is 0.800. The summed E-state index contributed by atoms with van der Waals surface area (Å²) >= 11 is 0. The Morgan fingerprint density at radius 1 is 1.33 bits per heavy atom. The summed E-state index contributed by atoms with van der Waals surface area (Å²) in [7, 11) is 0. The molecule has 2 fully saturated rings. The van der Waals surface area contributed by atoms with Crippen LogP contribution in [0, 0.1) is 5.41 Å². The molecule has 0 bridgehead atoms. The van der Waals surface area contributed by atoms with Crippen LogP contribution >= 0.6 is 0 Å². The van der Waals surface area contributed by atoms with E-state index in [2.05, 4.69) is 29.3 Å². The Morgan fingerprint density at radius 2 is 2.11 bits per heavy atom. The smallest absolute Gasteiger partial charge is 0.220 e. The van der Waals surface area contributed by atoms with Crippen LogP contribution < -0.4 is 5.32 Å². The zero-order chi connectivity index (χ0) is 12.8. The van der Waals surface area contributed by atoms with Crippen molar-refractivity contribution in [2.24, 2.45) is 5.41 Å². The molecule has 2 rings (SSSR count). The van der Waals surface area contributed by atoms with Gasteiger partial charge in [-0.15, -0.1) is 0 Å². The summed E-state index contributed by atoms with van der Waals surface area (Å²) in [5.74, 6) is 0.258. The van der Waals surface area contributed by atoms with Gasteiger partial charge >= 0.3 is 0 Å². The lowest BCUT2D eigenvalue weighted by Crippen LogP contribution is -2.41. The number of carbonyl (C=O) groups excluding carboxylic acids is 1. The number of nitrogens with one attached hydrogen (secondary N) is 1. The molecule has 2 saturated heterocycles. The van der Waals surface area contributed by atoms with Gasteiger partial charge in [0.1, 0.15) is 0 Å². The Bertz CT molecular complexity index is 304. The van der Waals surface area contributed by atoms with E-state index in [1.54, 1.807) is 0 Å². The summed E-state index contributed by atoms with van der Waals surface area (Å²) in [6, 6.07) is 0. The lowest BCUT2D eigenvalue weighted by Gasteiger charge is -2.38. The van der Waals surface area contributed by atoms with Gasteiger partial charge in [0.05, 0.1) is 0 Å². The zero-order valence-corrected chi connectivity index (χ0v) is 11.6. The Hall–Kier alpha value is -0.830. The SMILES string of the molecule is CC/C=C\CCCN1CCC2(CC1)CNC(=O)C2. The Kier molecular flexibility index (Phi) is 4.81. The van der Waals surface area contributed by atoms with Crippen LogP contribution in [0.25, 0.3) is 0 Å². The molecular formula is C15H26N2O. The van der Waals surface area contributed by atoms with Crippen molar-refractivity contribution in [2.45, 2.75) is 45.4 Å². The largest absolute Gasteiger partial charge is 0.356 e. The van der Waals surface area contributed by atoms with Crippen LogP contribution in [-0.4, -0.2) is 37.0 Å². The number of unbranched alkanes of at least 4 members (excludes halogenated alkanes) is 1. The average Bonchev–Trinajstić information content (AvgIpc) is 2.73. The Balaban J connectivity index is 1.64. The second kappa shape index (κ2) is 6.37. The summed E-state index contributed by atoms with van der Waals surface area (Å²) < 4.78 is 0. The van der Waals surface area contributed by atoms with E-state index in [4.69, 9.17) is 0 Å². The van der Waals surface area contributed by atoms with E-state index < -0.39 is 0 Å². The number of piperidine rings is 1. The van der Waals surface area contributed by atoms with Gasteiger partial charge in [0.2, 0.25) is 5.91 Å². The summed E-state index contributed by atoms with van der Waals surface area (Å²) in [6.07, 6.45) is 11.3. The molecule has 0 saturated carbocycles. The highest BCUT2D eigenvalue weighted by Gasteiger charge is 2.40. The molecule has 0 atom stereocenters. The van der Waals surface area contributed by atoms with Gasteiger partial charge in [0.15, 0.2) is 0 Å². The molecule has 2 aliphatic rings. The molecule has 2 aliphatic heterocycles. The first-order chi connectivity index (χ1) is 8.74. The van der Waals surface area contributed by atoms with Crippen molar-refractivity contribution in [3.05, 3.63) is 12.2 Å².